The number of carbonyl (C=O) groups is 2. The highest BCUT2D eigenvalue weighted by Gasteiger charge is 2.32. The molecule has 2 unspecified atom stereocenters. The largest absolute Gasteiger partial charge is 0.465 e. The van der Waals surface area contributed by atoms with Crippen molar-refractivity contribution in [2.24, 2.45) is 16.5 Å². The lowest BCUT2D eigenvalue weighted by atomic mass is 9.98. The predicted octanol–water partition coefficient (Wildman–Crippen LogP) is 0.0796. The third kappa shape index (κ3) is 6.69. The van der Waals surface area contributed by atoms with E-state index in [9.17, 15) is 36.6 Å². The minimum Gasteiger partial charge on any atom is -0.465 e. The number of ether oxygens (including phenoxy) is 1. The van der Waals surface area contributed by atoms with Crippen LogP contribution in [0, 0.1) is 0 Å². The van der Waals surface area contributed by atoms with E-state index in [1.807, 2.05) is 13.8 Å². The molecule has 1 amide bonds. The molecule has 2 heterocycles. The SMILES string of the molecule is CCc1cc2c(cc1C(=O)N=C(N)N)S(=O)(=O)CC(O)C2.CCc1cc2c(cc1C(=O)OC)S(=O)(=O)CC(O)C2. The average molecular weight is 596 g/mol. The number of nitrogens with two attached hydrogens (primary N) is 2. The molecule has 2 aliphatic rings. The molecule has 4 rings (SSSR count). The summed E-state index contributed by atoms with van der Waals surface area (Å²) >= 11 is 0. The lowest BCUT2D eigenvalue weighted by Gasteiger charge is -2.22. The van der Waals surface area contributed by atoms with Gasteiger partial charge in [-0.05, 0) is 47.2 Å². The maximum absolute atomic E-state index is 12.1. The summed E-state index contributed by atoms with van der Waals surface area (Å²) in [5.74, 6) is -2.23. The molecule has 0 saturated heterocycles. The Balaban J connectivity index is 0.000000222. The highest BCUT2D eigenvalue weighted by atomic mass is 32.2. The van der Waals surface area contributed by atoms with Gasteiger partial charge in [-0.2, -0.15) is 4.99 Å². The molecule has 0 aromatic heterocycles. The first-order valence-electron chi connectivity index (χ1n) is 12.5. The summed E-state index contributed by atoms with van der Waals surface area (Å²) < 4.78 is 53.0. The molecular weight excluding hydrogens is 562 g/mol. The van der Waals surface area contributed by atoms with Gasteiger partial charge in [0.05, 0.1) is 46.2 Å². The first kappa shape index (κ1) is 31.2. The third-order valence-electron chi connectivity index (χ3n) is 6.61. The Kier molecular flexibility index (Phi) is 9.39. The summed E-state index contributed by atoms with van der Waals surface area (Å²) in [5.41, 5.74) is 13.3. The molecule has 14 heteroatoms. The number of amides is 1. The average Bonchev–Trinajstić information content (AvgIpc) is 2.85. The highest BCUT2D eigenvalue weighted by Crippen LogP contribution is 2.30. The van der Waals surface area contributed by atoms with Crippen molar-refractivity contribution < 1.29 is 41.4 Å². The second kappa shape index (κ2) is 12.0. The molecule has 40 heavy (non-hydrogen) atoms. The number of hydrogen-bond donors (Lipinski definition) is 4. The van der Waals surface area contributed by atoms with Crippen LogP contribution in [-0.2, 0) is 50.1 Å². The van der Waals surface area contributed by atoms with Crippen molar-refractivity contribution >= 4 is 37.5 Å². The number of esters is 1. The van der Waals surface area contributed by atoms with Crippen LogP contribution in [0.3, 0.4) is 0 Å². The molecule has 0 bridgehead atoms. The minimum atomic E-state index is -3.61. The molecule has 6 N–H and O–H groups in total. The molecule has 2 aromatic rings. The summed E-state index contributed by atoms with van der Waals surface area (Å²) in [4.78, 5) is 27.4. The van der Waals surface area contributed by atoms with Crippen LogP contribution in [0.1, 0.15) is 56.8 Å². The van der Waals surface area contributed by atoms with Gasteiger partial charge in [0.25, 0.3) is 5.91 Å². The zero-order chi connectivity index (χ0) is 30.0. The zero-order valence-corrected chi connectivity index (χ0v) is 24.0. The molecule has 0 fully saturated rings. The van der Waals surface area contributed by atoms with E-state index in [4.69, 9.17) is 11.5 Å². The summed E-state index contributed by atoms with van der Waals surface area (Å²) in [6.45, 7) is 3.71. The topological polar surface area (TPSA) is 217 Å². The van der Waals surface area contributed by atoms with E-state index in [2.05, 4.69) is 9.73 Å². The van der Waals surface area contributed by atoms with E-state index < -0.39 is 43.8 Å². The second-order valence-electron chi connectivity index (χ2n) is 9.55. The number of benzene rings is 2. The van der Waals surface area contributed by atoms with E-state index in [0.29, 0.717) is 36.0 Å². The Morgan fingerprint density at radius 2 is 1.27 bits per heavy atom. The number of aliphatic imine (C=N–C) groups is 1. The fourth-order valence-electron chi connectivity index (χ4n) is 4.82. The number of fused-ring (bicyclic) bond motifs is 2. The number of rotatable bonds is 4. The molecule has 0 saturated carbocycles. The number of aryl methyl sites for hydroxylation is 2. The molecule has 0 aliphatic carbocycles. The van der Waals surface area contributed by atoms with Crippen LogP contribution in [-0.4, -0.2) is 75.7 Å². The van der Waals surface area contributed by atoms with Crippen LogP contribution in [0.4, 0.5) is 0 Å². The highest BCUT2D eigenvalue weighted by molar-refractivity contribution is 7.91. The van der Waals surface area contributed by atoms with Gasteiger partial charge < -0.3 is 26.4 Å². The first-order chi connectivity index (χ1) is 18.6. The fourth-order valence-corrected chi connectivity index (χ4v) is 8.11. The normalized spacial score (nSPS) is 20.1. The van der Waals surface area contributed by atoms with Gasteiger partial charge in [0, 0.05) is 18.4 Å². The minimum absolute atomic E-state index is 0.0687. The molecule has 2 aliphatic heterocycles. The maximum atomic E-state index is 12.1. The van der Waals surface area contributed by atoms with Gasteiger partial charge in [0.15, 0.2) is 25.6 Å². The van der Waals surface area contributed by atoms with Crippen LogP contribution in [0.5, 0.6) is 0 Å². The monoisotopic (exact) mass is 595 g/mol. The van der Waals surface area contributed by atoms with E-state index >= 15 is 0 Å². The van der Waals surface area contributed by atoms with Crippen molar-refractivity contribution in [2.75, 3.05) is 18.6 Å². The number of guanidine groups is 1. The Hall–Kier alpha value is -3.33. The van der Waals surface area contributed by atoms with Crippen LogP contribution in [0.25, 0.3) is 0 Å². The first-order valence-corrected chi connectivity index (χ1v) is 15.8. The van der Waals surface area contributed by atoms with Crippen molar-refractivity contribution in [2.45, 2.75) is 61.5 Å². The maximum Gasteiger partial charge on any atom is 0.338 e. The smallest absolute Gasteiger partial charge is 0.338 e. The van der Waals surface area contributed by atoms with Gasteiger partial charge in [0.2, 0.25) is 0 Å². The number of nitrogens with zero attached hydrogens (tertiary/aromatic N) is 1. The van der Waals surface area contributed by atoms with Gasteiger partial charge in [-0.1, -0.05) is 26.0 Å². The van der Waals surface area contributed by atoms with E-state index in [-0.39, 0.29) is 44.8 Å². The fraction of sp³-hybridized carbons (Fsp3) is 0.423. The van der Waals surface area contributed by atoms with Gasteiger partial charge >= 0.3 is 5.97 Å². The van der Waals surface area contributed by atoms with Crippen molar-refractivity contribution in [3.05, 3.63) is 57.6 Å². The molecule has 2 atom stereocenters. The summed E-state index contributed by atoms with van der Waals surface area (Å²) in [7, 11) is -5.89. The second-order valence-corrected chi connectivity index (χ2v) is 13.6. The van der Waals surface area contributed by atoms with Gasteiger partial charge in [-0.25, -0.2) is 21.6 Å². The van der Waals surface area contributed by atoms with E-state index in [1.165, 1.54) is 19.2 Å². The quantitative estimate of drug-likeness (QED) is 0.211. The molecule has 2 aromatic carbocycles. The van der Waals surface area contributed by atoms with E-state index in [0.717, 1.165) is 5.56 Å². The van der Waals surface area contributed by atoms with Crippen LogP contribution < -0.4 is 11.5 Å². The van der Waals surface area contributed by atoms with Crippen molar-refractivity contribution in [1.29, 1.82) is 0 Å². The Morgan fingerprint density at radius 3 is 1.68 bits per heavy atom. The molecule has 0 spiro atoms. The van der Waals surface area contributed by atoms with Gasteiger partial charge in [-0.3, -0.25) is 4.79 Å². The number of hydrogen-bond acceptors (Lipinski definition) is 9. The summed E-state index contributed by atoms with van der Waals surface area (Å²) in [6, 6.07) is 6.00. The lowest BCUT2D eigenvalue weighted by molar-refractivity contribution is 0.0599. The number of sulfone groups is 2. The Morgan fingerprint density at radius 1 is 0.850 bits per heavy atom. The molecule has 218 valence electrons. The summed E-state index contributed by atoms with van der Waals surface area (Å²) in [5, 5.41) is 19.3. The number of aliphatic hydroxyl groups is 2. The molecular formula is C26H33N3O9S2. The molecule has 12 nitrogen and oxygen atoms in total. The standard InChI is InChI=1S/C13H17N3O4S.C13H16O5S/c1-2-7-3-8-4-9(17)6-21(19,20)11(8)5-10(7)12(18)16-13(14)15;1-3-8-4-9-5-10(14)7-19(16,17)12(9)6-11(8)13(15)18-2/h3,5,9,17H,2,4,6H2,1H3,(H4,14,15,16,18);4,6,10,14H,3,5,7H2,1-2H3. The van der Waals surface area contributed by atoms with Crippen molar-refractivity contribution in [3.8, 4) is 0 Å². The van der Waals surface area contributed by atoms with Crippen molar-refractivity contribution in [3.63, 3.8) is 0 Å². The molecule has 0 radical (unpaired) electrons. The Bertz CT molecular complexity index is 1580. The van der Waals surface area contributed by atoms with Crippen LogP contribution >= 0.6 is 0 Å². The number of carbonyl (C=O) groups excluding carboxylic acids is 2. The number of methoxy groups -OCH3 is 1. The van der Waals surface area contributed by atoms with Crippen LogP contribution in [0.2, 0.25) is 0 Å². The van der Waals surface area contributed by atoms with E-state index in [1.54, 1.807) is 12.1 Å². The van der Waals surface area contributed by atoms with Gasteiger partial charge in [-0.15, -0.1) is 0 Å². The van der Waals surface area contributed by atoms with Crippen molar-refractivity contribution in [1.82, 2.24) is 0 Å². The van der Waals surface area contributed by atoms with Gasteiger partial charge in [0.1, 0.15) is 0 Å². The predicted molar refractivity (Wildman–Crippen MR) is 147 cm³/mol. The summed E-state index contributed by atoms with van der Waals surface area (Å²) in [6.07, 6.45) is -0.155. The van der Waals surface area contributed by atoms with Crippen LogP contribution in [0.15, 0.2) is 39.0 Å². The third-order valence-corrected chi connectivity index (χ3v) is 10.4. The lowest BCUT2D eigenvalue weighted by Crippen LogP contribution is -2.30. The Labute approximate surface area is 232 Å². The zero-order valence-electron chi connectivity index (χ0n) is 22.4. The number of aliphatic hydroxyl groups excluding tert-OH is 2.